The van der Waals surface area contributed by atoms with Crippen LogP contribution in [0.15, 0.2) is 40.8 Å². The predicted molar refractivity (Wildman–Crippen MR) is 107 cm³/mol. The molecule has 0 aliphatic carbocycles. The number of hydrogen-bond acceptors (Lipinski definition) is 6. The summed E-state index contributed by atoms with van der Waals surface area (Å²) in [4.78, 5) is 2.29. The molecule has 0 radical (unpaired) electrons. The summed E-state index contributed by atoms with van der Waals surface area (Å²) in [6.45, 7) is 8.40. The Labute approximate surface area is 165 Å². The van der Waals surface area contributed by atoms with Gasteiger partial charge in [0.1, 0.15) is 18.1 Å². The number of nitrogens with zero attached hydrogens (tertiary/aromatic N) is 3. The maximum atomic E-state index is 6.02. The lowest BCUT2D eigenvalue weighted by molar-refractivity contribution is 0.159. The summed E-state index contributed by atoms with van der Waals surface area (Å²) in [7, 11) is 1.66. The number of methoxy groups -OCH3 is 1. The van der Waals surface area contributed by atoms with Gasteiger partial charge in [0.25, 0.3) is 0 Å². The molecule has 1 atom stereocenters. The Morgan fingerprint density at radius 1 is 1.07 bits per heavy atom. The second-order valence-electron chi connectivity index (χ2n) is 7.21. The van der Waals surface area contributed by atoms with Crippen LogP contribution in [-0.2, 0) is 6.54 Å². The van der Waals surface area contributed by atoms with Crippen LogP contribution >= 0.6 is 0 Å². The van der Waals surface area contributed by atoms with E-state index in [4.69, 9.17) is 13.9 Å². The lowest BCUT2D eigenvalue weighted by Crippen LogP contribution is -2.29. The molecule has 0 amide bonds. The third-order valence-corrected chi connectivity index (χ3v) is 5.38. The molecule has 0 bridgehead atoms. The summed E-state index contributed by atoms with van der Waals surface area (Å²) in [5.74, 6) is 2.84. The lowest BCUT2D eigenvalue weighted by Gasteiger charge is -2.24. The van der Waals surface area contributed by atoms with Crippen molar-refractivity contribution in [3.05, 3.63) is 59.0 Å². The van der Waals surface area contributed by atoms with Crippen LogP contribution in [0.2, 0.25) is 0 Å². The molecule has 0 saturated carbocycles. The maximum Gasteiger partial charge on any atom is 0.247 e. The van der Waals surface area contributed by atoms with Crippen molar-refractivity contribution in [2.75, 3.05) is 20.3 Å². The smallest absolute Gasteiger partial charge is 0.247 e. The van der Waals surface area contributed by atoms with Crippen LogP contribution in [0.5, 0.6) is 11.5 Å². The molecule has 4 rings (SSSR count). The summed E-state index contributed by atoms with van der Waals surface area (Å²) in [5, 5.41) is 8.59. The van der Waals surface area contributed by atoms with Gasteiger partial charge in [0.2, 0.25) is 11.8 Å². The highest BCUT2D eigenvalue weighted by molar-refractivity contribution is 5.55. The van der Waals surface area contributed by atoms with Crippen molar-refractivity contribution in [1.29, 1.82) is 0 Å². The second kappa shape index (κ2) is 7.64. The summed E-state index contributed by atoms with van der Waals surface area (Å²) >= 11 is 0. The Hall–Kier alpha value is -2.86. The zero-order valence-electron chi connectivity index (χ0n) is 16.7. The zero-order valence-corrected chi connectivity index (χ0v) is 16.7. The molecule has 0 spiro atoms. The monoisotopic (exact) mass is 379 g/mol. The highest BCUT2D eigenvalue weighted by Gasteiger charge is 2.25. The Bertz CT molecular complexity index is 983. The molecule has 1 aromatic heterocycles. The third kappa shape index (κ3) is 3.60. The maximum absolute atomic E-state index is 6.02. The standard InChI is InChI=1S/C22H25N3O3/c1-14-5-6-17(11-15(14)2)22-24-23-21(28-22)16(3)25-9-10-27-20-12-19(26-4)8-7-18(20)13-25/h5-8,11-12,16H,9-10,13H2,1-4H3. The third-order valence-electron chi connectivity index (χ3n) is 5.38. The van der Waals surface area contributed by atoms with Crippen molar-refractivity contribution in [1.82, 2.24) is 15.1 Å². The van der Waals surface area contributed by atoms with E-state index in [9.17, 15) is 0 Å². The van der Waals surface area contributed by atoms with E-state index in [1.807, 2.05) is 24.3 Å². The van der Waals surface area contributed by atoms with Crippen LogP contribution in [0.3, 0.4) is 0 Å². The van der Waals surface area contributed by atoms with Crippen molar-refractivity contribution in [2.45, 2.75) is 33.4 Å². The quantitative estimate of drug-likeness (QED) is 0.673. The molecule has 2 aromatic carbocycles. The fourth-order valence-corrected chi connectivity index (χ4v) is 3.38. The topological polar surface area (TPSA) is 60.6 Å². The fraction of sp³-hybridized carbons (Fsp3) is 0.364. The van der Waals surface area contributed by atoms with Crippen molar-refractivity contribution in [3.63, 3.8) is 0 Å². The first kappa shape index (κ1) is 18.5. The van der Waals surface area contributed by atoms with Crippen molar-refractivity contribution in [3.8, 4) is 23.0 Å². The Kier molecular flexibility index (Phi) is 5.05. The molecule has 6 nitrogen and oxygen atoms in total. The number of benzene rings is 2. The van der Waals surface area contributed by atoms with Crippen LogP contribution < -0.4 is 9.47 Å². The van der Waals surface area contributed by atoms with E-state index in [0.717, 1.165) is 35.7 Å². The van der Waals surface area contributed by atoms with E-state index in [1.54, 1.807) is 7.11 Å². The minimum Gasteiger partial charge on any atom is -0.497 e. The predicted octanol–water partition coefficient (Wildman–Crippen LogP) is 4.32. The normalized spacial score (nSPS) is 15.4. The molecule has 0 saturated heterocycles. The van der Waals surface area contributed by atoms with Gasteiger partial charge in [-0.1, -0.05) is 12.1 Å². The minimum absolute atomic E-state index is 0.00977. The molecule has 1 aliphatic rings. The van der Waals surface area contributed by atoms with Gasteiger partial charge in [-0.15, -0.1) is 10.2 Å². The van der Waals surface area contributed by atoms with E-state index in [-0.39, 0.29) is 6.04 Å². The van der Waals surface area contributed by atoms with Crippen LogP contribution in [0.4, 0.5) is 0 Å². The fourth-order valence-electron chi connectivity index (χ4n) is 3.38. The highest BCUT2D eigenvalue weighted by Crippen LogP contribution is 2.32. The minimum atomic E-state index is -0.00977. The largest absolute Gasteiger partial charge is 0.497 e. The molecule has 0 N–H and O–H groups in total. The van der Waals surface area contributed by atoms with Gasteiger partial charge in [0.15, 0.2) is 0 Å². The molecule has 6 heteroatoms. The van der Waals surface area contributed by atoms with Crippen molar-refractivity contribution >= 4 is 0 Å². The first-order valence-corrected chi connectivity index (χ1v) is 9.50. The van der Waals surface area contributed by atoms with E-state index in [0.29, 0.717) is 18.4 Å². The van der Waals surface area contributed by atoms with Crippen LogP contribution in [0, 0.1) is 13.8 Å². The Morgan fingerprint density at radius 2 is 1.93 bits per heavy atom. The van der Waals surface area contributed by atoms with Crippen molar-refractivity contribution < 1.29 is 13.9 Å². The Balaban J connectivity index is 1.55. The molecule has 3 aromatic rings. The summed E-state index contributed by atoms with van der Waals surface area (Å²) in [6.07, 6.45) is 0. The van der Waals surface area contributed by atoms with Crippen LogP contribution in [-0.4, -0.2) is 35.4 Å². The number of fused-ring (bicyclic) bond motifs is 1. The van der Waals surface area contributed by atoms with Gasteiger partial charge in [-0.25, -0.2) is 0 Å². The zero-order chi connectivity index (χ0) is 19.7. The van der Waals surface area contributed by atoms with Gasteiger partial charge in [-0.3, -0.25) is 4.90 Å². The van der Waals surface area contributed by atoms with Gasteiger partial charge >= 0.3 is 0 Å². The molecule has 146 valence electrons. The van der Waals surface area contributed by atoms with E-state index in [1.165, 1.54) is 11.1 Å². The van der Waals surface area contributed by atoms with E-state index < -0.39 is 0 Å². The summed E-state index contributed by atoms with van der Waals surface area (Å²) in [5.41, 5.74) is 4.53. The molecule has 2 heterocycles. The molecule has 0 fully saturated rings. The number of aromatic nitrogens is 2. The second-order valence-corrected chi connectivity index (χ2v) is 7.21. The van der Waals surface area contributed by atoms with Gasteiger partial charge < -0.3 is 13.9 Å². The first-order valence-electron chi connectivity index (χ1n) is 9.50. The number of rotatable bonds is 4. The van der Waals surface area contributed by atoms with Gasteiger partial charge in [0.05, 0.1) is 13.2 Å². The average molecular weight is 379 g/mol. The van der Waals surface area contributed by atoms with Gasteiger partial charge in [0, 0.05) is 30.3 Å². The van der Waals surface area contributed by atoms with Gasteiger partial charge in [-0.05, 0) is 50.1 Å². The molecular weight excluding hydrogens is 354 g/mol. The lowest BCUT2D eigenvalue weighted by atomic mass is 10.1. The molecule has 1 aliphatic heterocycles. The van der Waals surface area contributed by atoms with E-state index in [2.05, 4.69) is 48.0 Å². The number of hydrogen-bond donors (Lipinski definition) is 0. The van der Waals surface area contributed by atoms with Crippen LogP contribution in [0.1, 0.15) is 35.5 Å². The summed E-state index contributed by atoms with van der Waals surface area (Å²) < 4.78 is 17.2. The molecular formula is C22H25N3O3. The average Bonchev–Trinajstić information content (AvgIpc) is 3.10. The highest BCUT2D eigenvalue weighted by atomic mass is 16.5. The number of ether oxygens (including phenoxy) is 2. The van der Waals surface area contributed by atoms with E-state index >= 15 is 0 Å². The SMILES string of the molecule is COc1ccc2c(c1)OCCN(C(C)c1nnc(-c3ccc(C)c(C)c3)o1)C2. The first-order chi connectivity index (χ1) is 13.5. The Morgan fingerprint density at radius 3 is 2.71 bits per heavy atom. The number of aryl methyl sites for hydroxylation is 2. The van der Waals surface area contributed by atoms with Crippen LogP contribution in [0.25, 0.3) is 11.5 Å². The van der Waals surface area contributed by atoms with Gasteiger partial charge in [-0.2, -0.15) is 0 Å². The molecule has 1 unspecified atom stereocenters. The molecule has 28 heavy (non-hydrogen) atoms. The van der Waals surface area contributed by atoms with Crippen molar-refractivity contribution in [2.24, 2.45) is 0 Å². The summed E-state index contributed by atoms with van der Waals surface area (Å²) in [6, 6.07) is 12.1.